The molecule has 1 aromatic heterocycles. The molecule has 3 rings (SSSR count). The number of halogens is 2. The average molecular weight is 547 g/mol. The number of guanidine groups is 1. The Bertz CT molecular complexity index is 837. The number of aromatic nitrogens is 3. The van der Waals surface area contributed by atoms with Crippen molar-refractivity contribution in [2.75, 3.05) is 20.2 Å². The molecule has 1 atom stereocenters. The second-order valence-electron chi connectivity index (χ2n) is 8.03. The fourth-order valence-electron chi connectivity index (χ4n) is 3.45. The van der Waals surface area contributed by atoms with E-state index in [1.807, 2.05) is 16.8 Å². The van der Waals surface area contributed by atoms with E-state index in [-0.39, 0.29) is 35.4 Å². The molecule has 30 heavy (non-hydrogen) atoms. The molecule has 2 aromatic rings. The summed E-state index contributed by atoms with van der Waals surface area (Å²) in [7, 11) is 1.66. The molecule has 166 valence electrons. The van der Waals surface area contributed by atoms with Crippen molar-refractivity contribution < 1.29 is 4.74 Å². The number of nitrogens with one attached hydrogen (secondary N) is 2. The number of nitrogens with zero attached hydrogens (tertiary/aromatic N) is 4. The Kier molecular flexibility index (Phi) is 9.36. The number of methoxy groups -OCH3 is 1. The third-order valence-electron chi connectivity index (χ3n) is 5.12. The van der Waals surface area contributed by atoms with E-state index in [1.54, 1.807) is 7.11 Å². The van der Waals surface area contributed by atoms with Gasteiger partial charge in [-0.05, 0) is 31.0 Å². The molecule has 0 saturated carbocycles. The van der Waals surface area contributed by atoms with Crippen molar-refractivity contribution in [1.29, 1.82) is 0 Å². The molecule has 1 unspecified atom stereocenters. The molecule has 0 fully saturated rings. The number of rotatable bonds is 7. The Morgan fingerprint density at radius 2 is 2.07 bits per heavy atom. The van der Waals surface area contributed by atoms with Crippen LogP contribution < -0.4 is 10.6 Å². The molecule has 1 aromatic carbocycles. The molecule has 0 bridgehead atoms. The highest BCUT2D eigenvalue weighted by Gasteiger charge is 2.24. The third-order valence-corrected chi connectivity index (χ3v) is 5.37. The van der Waals surface area contributed by atoms with Gasteiger partial charge in [0.05, 0.1) is 13.1 Å². The first-order chi connectivity index (χ1) is 13.9. The Morgan fingerprint density at radius 3 is 2.73 bits per heavy atom. The summed E-state index contributed by atoms with van der Waals surface area (Å²) in [5.74, 6) is 2.61. The highest BCUT2D eigenvalue weighted by Crippen LogP contribution is 2.25. The lowest BCUT2D eigenvalue weighted by Gasteiger charge is -2.27. The van der Waals surface area contributed by atoms with Crippen LogP contribution in [-0.4, -0.2) is 47.0 Å². The summed E-state index contributed by atoms with van der Waals surface area (Å²) in [5.41, 5.74) is 1.13. The van der Waals surface area contributed by atoms with Gasteiger partial charge in [0.25, 0.3) is 0 Å². The second kappa shape index (κ2) is 11.3. The van der Waals surface area contributed by atoms with Gasteiger partial charge in [0.2, 0.25) is 0 Å². The summed E-state index contributed by atoms with van der Waals surface area (Å²) in [6, 6.07) is 8.27. The lowest BCUT2D eigenvalue weighted by atomic mass is 9.85. The molecule has 0 amide bonds. The van der Waals surface area contributed by atoms with E-state index in [2.05, 4.69) is 53.6 Å². The zero-order chi connectivity index (χ0) is 20.9. The molecule has 0 spiro atoms. The first-order valence-electron chi connectivity index (χ1n) is 10.1. The standard InChI is InChI=1S/C21H31ClN6O.HI/c1-5-23-20(24-14-21(2,3)15-6-8-16(22)9-7-15)25-17-10-11-19-26-18(13-29-4)27-28(19)12-17;/h6-9,17H,5,10-14H2,1-4H3,(H2,23,24,25);1H. The zero-order valence-electron chi connectivity index (χ0n) is 18.1. The van der Waals surface area contributed by atoms with Crippen molar-refractivity contribution in [3.8, 4) is 0 Å². The summed E-state index contributed by atoms with van der Waals surface area (Å²) in [6.45, 7) is 9.18. The quantitative estimate of drug-likeness (QED) is 0.316. The van der Waals surface area contributed by atoms with Crippen LogP contribution in [0.15, 0.2) is 29.3 Å². The Morgan fingerprint density at radius 1 is 1.33 bits per heavy atom. The monoisotopic (exact) mass is 546 g/mol. The zero-order valence-corrected chi connectivity index (χ0v) is 21.2. The van der Waals surface area contributed by atoms with Crippen molar-refractivity contribution in [2.24, 2.45) is 4.99 Å². The number of ether oxygens (including phenoxy) is 1. The van der Waals surface area contributed by atoms with Crippen molar-refractivity contribution in [3.05, 3.63) is 46.5 Å². The van der Waals surface area contributed by atoms with Crippen molar-refractivity contribution >= 4 is 41.5 Å². The number of hydrogen-bond acceptors (Lipinski definition) is 4. The third kappa shape index (κ3) is 6.55. The van der Waals surface area contributed by atoms with E-state index >= 15 is 0 Å². The molecule has 0 aliphatic carbocycles. The molecular formula is C21H32ClIN6O. The Hall–Kier alpha value is -1.39. The van der Waals surface area contributed by atoms with Crippen LogP contribution in [0.3, 0.4) is 0 Å². The Balaban J connectivity index is 0.00000320. The second-order valence-corrected chi connectivity index (χ2v) is 8.46. The van der Waals surface area contributed by atoms with E-state index in [1.165, 1.54) is 5.56 Å². The fourth-order valence-corrected chi connectivity index (χ4v) is 3.58. The average Bonchev–Trinajstić information content (AvgIpc) is 3.09. The van der Waals surface area contributed by atoms with Gasteiger partial charge >= 0.3 is 0 Å². The minimum atomic E-state index is -0.0897. The summed E-state index contributed by atoms with van der Waals surface area (Å²) in [6.07, 6.45) is 1.89. The van der Waals surface area contributed by atoms with Gasteiger partial charge in [-0.15, -0.1) is 24.0 Å². The SMILES string of the molecule is CCNC(=NCC(C)(C)c1ccc(Cl)cc1)NC1CCc2nc(COC)nn2C1.I. The Labute approximate surface area is 201 Å². The molecule has 9 heteroatoms. The fraction of sp³-hybridized carbons (Fsp3) is 0.571. The topological polar surface area (TPSA) is 76.4 Å². The number of benzene rings is 1. The van der Waals surface area contributed by atoms with Crippen molar-refractivity contribution in [3.63, 3.8) is 0 Å². The van der Waals surface area contributed by atoms with Gasteiger partial charge in [-0.1, -0.05) is 37.6 Å². The van der Waals surface area contributed by atoms with Crippen LogP contribution in [0.4, 0.5) is 0 Å². The van der Waals surface area contributed by atoms with Gasteiger partial charge in [0, 0.05) is 36.6 Å². The van der Waals surface area contributed by atoms with E-state index < -0.39 is 0 Å². The van der Waals surface area contributed by atoms with Gasteiger partial charge in [-0.25, -0.2) is 9.67 Å². The van der Waals surface area contributed by atoms with Crippen molar-refractivity contribution in [1.82, 2.24) is 25.4 Å². The highest BCUT2D eigenvalue weighted by atomic mass is 127. The van der Waals surface area contributed by atoms with E-state index in [0.717, 1.165) is 48.6 Å². The van der Waals surface area contributed by atoms with Crippen LogP contribution in [0, 0.1) is 0 Å². The van der Waals surface area contributed by atoms with Gasteiger partial charge in [0.1, 0.15) is 12.4 Å². The molecule has 0 radical (unpaired) electrons. The van der Waals surface area contributed by atoms with Crippen LogP contribution in [0.5, 0.6) is 0 Å². The van der Waals surface area contributed by atoms with Crippen LogP contribution >= 0.6 is 35.6 Å². The molecule has 1 aliphatic heterocycles. The van der Waals surface area contributed by atoms with Crippen LogP contribution in [0.2, 0.25) is 5.02 Å². The lowest BCUT2D eigenvalue weighted by Crippen LogP contribution is -2.47. The van der Waals surface area contributed by atoms with Crippen LogP contribution in [0.1, 0.15) is 44.4 Å². The van der Waals surface area contributed by atoms with E-state index in [4.69, 9.17) is 21.3 Å². The summed E-state index contributed by atoms with van der Waals surface area (Å²) in [5, 5.41) is 12.2. The minimum Gasteiger partial charge on any atom is -0.377 e. The molecule has 1 aliphatic rings. The van der Waals surface area contributed by atoms with Crippen LogP contribution in [0.25, 0.3) is 0 Å². The maximum Gasteiger partial charge on any atom is 0.191 e. The first-order valence-corrected chi connectivity index (χ1v) is 10.5. The molecule has 2 N–H and O–H groups in total. The summed E-state index contributed by atoms with van der Waals surface area (Å²) < 4.78 is 7.13. The smallest absolute Gasteiger partial charge is 0.191 e. The first kappa shape index (κ1) is 24.9. The number of hydrogen-bond donors (Lipinski definition) is 2. The van der Waals surface area contributed by atoms with Gasteiger partial charge in [-0.3, -0.25) is 4.99 Å². The van der Waals surface area contributed by atoms with Crippen LogP contribution in [-0.2, 0) is 29.7 Å². The van der Waals surface area contributed by atoms with Gasteiger partial charge in [0.15, 0.2) is 11.8 Å². The largest absolute Gasteiger partial charge is 0.377 e. The molecule has 7 nitrogen and oxygen atoms in total. The minimum absolute atomic E-state index is 0. The van der Waals surface area contributed by atoms with Gasteiger partial charge < -0.3 is 15.4 Å². The predicted octanol–water partition coefficient (Wildman–Crippen LogP) is 3.54. The maximum absolute atomic E-state index is 6.03. The molecular weight excluding hydrogens is 515 g/mol. The number of aliphatic imine (C=N–C) groups is 1. The van der Waals surface area contributed by atoms with E-state index in [0.29, 0.717) is 13.2 Å². The molecule has 2 heterocycles. The summed E-state index contributed by atoms with van der Waals surface area (Å²) >= 11 is 6.03. The van der Waals surface area contributed by atoms with E-state index in [9.17, 15) is 0 Å². The number of fused-ring (bicyclic) bond motifs is 1. The normalized spacial score (nSPS) is 16.6. The highest BCUT2D eigenvalue weighted by molar-refractivity contribution is 14.0. The maximum atomic E-state index is 6.03. The number of aryl methyl sites for hydroxylation is 1. The predicted molar refractivity (Wildman–Crippen MR) is 132 cm³/mol. The lowest BCUT2D eigenvalue weighted by molar-refractivity contribution is 0.177. The molecule has 0 saturated heterocycles. The summed E-state index contributed by atoms with van der Waals surface area (Å²) in [4.78, 5) is 9.41. The van der Waals surface area contributed by atoms with Crippen molar-refractivity contribution in [2.45, 2.75) is 58.2 Å². The van der Waals surface area contributed by atoms with Gasteiger partial charge in [-0.2, -0.15) is 5.10 Å².